The largest absolute Gasteiger partial charge is 0.134 e. The first-order valence-electron chi connectivity index (χ1n) is 21.0. The Balaban J connectivity index is 0.955. The van der Waals surface area contributed by atoms with Gasteiger partial charge in [0, 0.05) is 19.5 Å². The van der Waals surface area contributed by atoms with Crippen LogP contribution in [0, 0.1) is 0 Å². The lowest BCUT2D eigenvalue weighted by Crippen LogP contribution is -1.97. The van der Waals surface area contributed by atoms with Gasteiger partial charge in [-0.2, -0.15) is 0 Å². The minimum Gasteiger partial charge on any atom is -0.134 e. The van der Waals surface area contributed by atoms with Crippen molar-refractivity contribution in [3.05, 3.63) is 299 Å². The van der Waals surface area contributed by atoms with Crippen molar-refractivity contribution in [1.82, 2.24) is 0 Å². The molecule has 294 valence electrons. The maximum absolute atomic E-state index is 2.29. The second-order valence-corrected chi connectivity index (χ2v) is 17.3. The molecule has 0 aliphatic rings. The first-order chi connectivity index (χ1) is 30.8. The molecule has 0 N–H and O–H groups in total. The molecule has 0 bridgehead atoms. The highest BCUT2D eigenvalue weighted by molar-refractivity contribution is 7.25. The van der Waals surface area contributed by atoms with Gasteiger partial charge in [0.1, 0.15) is 0 Å². The van der Waals surface area contributed by atoms with Crippen molar-refractivity contribution in [2.24, 2.45) is 0 Å². The van der Waals surface area contributed by atoms with Gasteiger partial charge in [-0.3, -0.25) is 0 Å². The predicted molar refractivity (Wildman–Crippen MR) is 267 cm³/mol. The Morgan fingerprint density at radius 2 is 0.371 bits per heavy atom. The van der Waals surface area contributed by atoms with E-state index >= 15 is 0 Å². The Labute approximate surface area is 372 Å². The Morgan fingerprint density at radius 3 is 0.597 bits per heavy atom. The molecule has 2 heteroatoms. The molecule has 0 unspecified atom stereocenters. The maximum atomic E-state index is 2.29. The Bertz CT molecular complexity index is 2790. The summed E-state index contributed by atoms with van der Waals surface area (Å²) >= 11 is 3.71. The summed E-state index contributed by atoms with van der Waals surface area (Å²) in [5.74, 6) is 0. The van der Waals surface area contributed by atoms with Crippen LogP contribution < -0.4 is 0 Å². The first kappa shape index (κ1) is 38.8. The van der Waals surface area contributed by atoms with E-state index in [1.54, 1.807) is 0 Å². The molecule has 10 rings (SSSR count). The van der Waals surface area contributed by atoms with Crippen LogP contribution >= 0.6 is 22.7 Å². The van der Waals surface area contributed by atoms with Gasteiger partial charge in [0.15, 0.2) is 0 Å². The van der Waals surface area contributed by atoms with Crippen molar-refractivity contribution >= 4 is 45.0 Å². The van der Waals surface area contributed by atoms with E-state index in [1.807, 2.05) is 22.7 Å². The van der Waals surface area contributed by atoms with Crippen molar-refractivity contribution in [1.29, 1.82) is 0 Å². The van der Waals surface area contributed by atoms with E-state index in [0.29, 0.717) is 0 Å². The molecule has 62 heavy (non-hydrogen) atoms. The number of hydrogen-bond acceptors (Lipinski definition) is 2. The second kappa shape index (κ2) is 18.1. The zero-order chi connectivity index (χ0) is 41.5. The average molecular weight is 827 g/mol. The third-order valence-electron chi connectivity index (χ3n) is 11.2. The molecule has 0 radical (unpaired) electrons. The summed E-state index contributed by atoms with van der Waals surface area (Å²) in [5, 5.41) is 0. The molecule has 2 heterocycles. The van der Waals surface area contributed by atoms with Crippen molar-refractivity contribution in [2.75, 3.05) is 0 Å². The first-order valence-corrected chi connectivity index (χ1v) is 22.6. The fourth-order valence-corrected chi connectivity index (χ4v) is 10.4. The van der Waals surface area contributed by atoms with E-state index in [-0.39, 0.29) is 0 Å². The van der Waals surface area contributed by atoms with Crippen LogP contribution in [0.2, 0.25) is 0 Å². The summed E-state index contributed by atoms with van der Waals surface area (Å²) in [5.41, 5.74) is 16.9. The van der Waals surface area contributed by atoms with Crippen LogP contribution in [-0.4, -0.2) is 0 Å². The van der Waals surface area contributed by atoms with Crippen LogP contribution in [0.4, 0.5) is 0 Å². The van der Waals surface area contributed by atoms with E-state index in [0.717, 1.165) is 0 Å². The summed E-state index contributed by atoms with van der Waals surface area (Å²) in [6.07, 6.45) is 0. The van der Waals surface area contributed by atoms with E-state index in [1.165, 1.54) is 97.4 Å². The number of benzene rings is 8. The van der Waals surface area contributed by atoms with Gasteiger partial charge in [-0.05, 0) is 102 Å². The van der Waals surface area contributed by atoms with Gasteiger partial charge in [-0.1, -0.05) is 231 Å². The second-order valence-electron chi connectivity index (χ2n) is 15.2. The minimum absolute atomic E-state index is 1.19. The molecule has 0 spiro atoms. The standard InChI is InChI=1S/C60H42S2/c1-7-19-45(20-8-1)57(46-21-9-2-10-22-46)59(49-27-15-5-16-28-49)51-35-31-43(32-36-51)53-39-41-55(61-53)56-42-40-54(62-56)44-33-37-52(38-34-44)60(50-29-17-6-18-30-50)58(47-23-11-3-12-24-47)48-25-13-4-14-26-48/h1-42H. The zero-order valence-corrected chi connectivity index (χ0v) is 35.7. The molecule has 8 aromatic carbocycles. The molecular weight excluding hydrogens is 785 g/mol. The fraction of sp³-hybridized carbons (Fsp3) is 0. The van der Waals surface area contributed by atoms with Crippen LogP contribution in [0.1, 0.15) is 44.5 Å². The quantitative estimate of drug-likeness (QED) is 0.114. The van der Waals surface area contributed by atoms with Crippen molar-refractivity contribution in [3.63, 3.8) is 0 Å². The highest BCUT2D eigenvalue weighted by atomic mass is 32.1. The number of rotatable bonds is 11. The SMILES string of the molecule is c1ccc(C(=C(c2ccccc2)c2ccc(-c3ccc(-c4ccc(-c5ccc(C(=C(c6ccccc6)c6ccccc6)c6ccccc6)cc5)s4)s3)cc2)c2ccccc2)cc1. The normalized spacial score (nSPS) is 10.9. The molecule has 2 aromatic heterocycles. The lowest BCUT2D eigenvalue weighted by atomic mass is 9.85. The van der Waals surface area contributed by atoms with Crippen molar-refractivity contribution < 1.29 is 0 Å². The summed E-state index contributed by atoms with van der Waals surface area (Å²) in [4.78, 5) is 5.08. The molecule has 0 nitrogen and oxygen atoms in total. The maximum Gasteiger partial charge on any atom is 0.0449 e. The predicted octanol–water partition coefficient (Wildman–Crippen LogP) is 16.8. The van der Waals surface area contributed by atoms with Crippen molar-refractivity contribution in [3.8, 4) is 30.6 Å². The summed E-state index contributed by atoms with van der Waals surface area (Å²) < 4.78 is 0. The zero-order valence-electron chi connectivity index (χ0n) is 34.1. The van der Waals surface area contributed by atoms with Gasteiger partial charge < -0.3 is 0 Å². The van der Waals surface area contributed by atoms with Crippen LogP contribution in [0.3, 0.4) is 0 Å². The summed E-state index contributed by atoms with van der Waals surface area (Å²) in [6.45, 7) is 0. The van der Waals surface area contributed by atoms with E-state index in [4.69, 9.17) is 0 Å². The molecule has 0 amide bonds. The number of thiophene rings is 2. The Morgan fingerprint density at radius 1 is 0.177 bits per heavy atom. The van der Waals surface area contributed by atoms with Crippen LogP contribution in [0.15, 0.2) is 255 Å². The Hall–Kier alpha value is -7.36. The molecule has 0 saturated carbocycles. The highest BCUT2D eigenvalue weighted by Crippen LogP contribution is 2.43. The smallest absolute Gasteiger partial charge is 0.0449 e. The molecule has 0 saturated heterocycles. The fourth-order valence-electron chi connectivity index (χ4n) is 8.30. The third-order valence-corrected chi connectivity index (χ3v) is 13.7. The van der Waals surface area contributed by atoms with Gasteiger partial charge in [0.25, 0.3) is 0 Å². The topological polar surface area (TPSA) is 0 Å². The van der Waals surface area contributed by atoms with Gasteiger partial charge in [-0.15, -0.1) is 22.7 Å². The highest BCUT2D eigenvalue weighted by Gasteiger charge is 2.19. The lowest BCUT2D eigenvalue weighted by Gasteiger charge is -2.18. The average Bonchev–Trinajstić information content (AvgIpc) is 4.06. The lowest BCUT2D eigenvalue weighted by molar-refractivity contribution is 1.50. The Kier molecular flexibility index (Phi) is 11.3. The monoisotopic (exact) mass is 826 g/mol. The minimum atomic E-state index is 1.19. The molecule has 10 aromatic rings. The molecular formula is C60H42S2. The molecule has 0 atom stereocenters. The van der Waals surface area contributed by atoms with E-state index < -0.39 is 0 Å². The summed E-state index contributed by atoms with van der Waals surface area (Å²) in [6, 6.07) is 92.0. The van der Waals surface area contributed by atoms with Crippen LogP contribution in [-0.2, 0) is 0 Å². The van der Waals surface area contributed by atoms with Gasteiger partial charge in [-0.25, -0.2) is 0 Å². The van der Waals surface area contributed by atoms with E-state index in [9.17, 15) is 0 Å². The summed E-state index contributed by atoms with van der Waals surface area (Å²) in [7, 11) is 0. The third kappa shape index (κ3) is 8.23. The van der Waals surface area contributed by atoms with Gasteiger partial charge in [0.2, 0.25) is 0 Å². The molecule has 0 fully saturated rings. The van der Waals surface area contributed by atoms with Crippen molar-refractivity contribution in [2.45, 2.75) is 0 Å². The van der Waals surface area contributed by atoms with Gasteiger partial charge >= 0.3 is 0 Å². The van der Waals surface area contributed by atoms with Crippen LogP contribution in [0.25, 0.3) is 52.9 Å². The number of hydrogen-bond donors (Lipinski definition) is 0. The molecule has 0 aliphatic carbocycles. The van der Waals surface area contributed by atoms with Gasteiger partial charge in [0.05, 0.1) is 0 Å². The van der Waals surface area contributed by atoms with Crippen LogP contribution in [0.5, 0.6) is 0 Å². The van der Waals surface area contributed by atoms with E-state index in [2.05, 4.69) is 255 Å². The molecule has 0 aliphatic heterocycles.